The fourth-order valence-corrected chi connectivity index (χ4v) is 2.77. The molecule has 1 atom stereocenters. The van der Waals surface area contributed by atoms with Gasteiger partial charge in [0.15, 0.2) is 0 Å². The Bertz CT molecular complexity index is 374. The molecule has 1 aromatic heterocycles. The molecule has 1 aromatic rings. The zero-order valence-corrected chi connectivity index (χ0v) is 13.3. The molecule has 0 saturated heterocycles. The lowest BCUT2D eigenvalue weighted by molar-refractivity contribution is 0.525. The maximum absolute atomic E-state index is 6.34. The van der Waals surface area contributed by atoms with Gasteiger partial charge in [0.2, 0.25) is 0 Å². The Morgan fingerprint density at radius 3 is 2.47 bits per heavy atom. The van der Waals surface area contributed by atoms with Gasteiger partial charge in [0.1, 0.15) is 0 Å². The normalized spacial score (nSPS) is 12.9. The van der Waals surface area contributed by atoms with Crippen molar-refractivity contribution in [2.45, 2.75) is 71.3 Å². The molecule has 0 aliphatic carbocycles. The number of halogens is 1. The number of unbranched alkanes of at least 4 members (excludes halogenated alkanes) is 4. The first-order valence-corrected chi connectivity index (χ1v) is 7.93. The van der Waals surface area contributed by atoms with E-state index in [0.717, 1.165) is 35.7 Å². The van der Waals surface area contributed by atoms with Gasteiger partial charge >= 0.3 is 0 Å². The van der Waals surface area contributed by atoms with E-state index in [0.29, 0.717) is 0 Å². The van der Waals surface area contributed by atoms with Crippen LogP contribution in [-0.2, 0) is 19.9 Å². The van der Waals surface area contributed by atoms with E-state index in [4.69, 9.17) is 17.3 Å². The van der Waals surface area contributed by atoms with E-state index in [9.17, 15) is 0 Å². The van der Waals surface area contributed by atoms with Gasteiger partial charge in [-0.15, -0.1) is 0 Å². The Kier molecular flexibility index (Phi) is 7.47. The van der Waals surface area contributed by atoms with Gasteiger partial charge in [0, 0.05) is 19.5 Å². The minimum absolute atomic E-state index is 0.194. The minimum atomic E-state index is 0.194. The van der Waals surface area contributed by atoms with E-state index >= 15 is 0 Å². The number of nitrogens with zero attached hydrogens (tertiary/aromatic N) is 2. The van der Waals surface area contributed by atoms with Crippen molar-refractivity contribution < 1.29 is 0 Å². The molecular weight excluding hydrogens is 258 g/mol. The Morgan fingerprint density at radius 1 is 1.21 bits per heavy atom. The average Bonchev–Trinajstić information content (AvgIpc) is 2.66. The molecule has 0 saturated carbocycles. The fourth-order valence-electron chi connectivity index (χ4n) is 2.40. The second-order valence-corrected chi connectivity index (χ2v) is 5.73. The number of aryl methyl sites for hydroxylation is 2. The number of aromatic nitrogens is 2. The first-order chi connectivity index (χ1) is 9.10. The van der Waals surface area contributed by atoms with Crippen LogP contribution in [0, 0.1) is 0 Å². The molecule has 0 aliphatic heterocycles. The second kappa shape index (κ2) is 8.60. The fraction of sp³-hybridized carbons (Fsp3) is 0.800. The smallest absolute Gasteiger partial charge is 0.0850 e. The lowest BCUT2D eigenvalue weighted by Crippen LogP contribution is -2.24. The molecule has 0 aliphatic rings. The third kappa shape index (κ3) is 5.15. The van der Waals surface area contributed by atoms with Crippen molar-refractivity contribution in [3.05, 3.63) is 16.4 Å². The Morgan fingerprint density at radius 2 is 1.89 bits per heavy atom. The zero-order chi connectivity index (χ0) is 14.3. The highest BCUT2D eigenvalue weighted by Gasteiger charge is 2.15. The lowest BCUT2D eigenvalue weighted by atomic mass is 10.0. The molecule has 0 fully saturated rings. The van der Waals surface area contributed by atoms with Crippen LogP contribution in [0.5, 0.6) is 0 Å². The van der Waals surface area contributed by atoms with Crippen molar-refractivity contribution in [2.75, 3.05) is 0 Å². The molecule has 1 unspecified atom stereocenters. The topological polar surface area (TPSA) is 43.8 Å². The number of hydrogen-bond acceptors (Lipinski definition) is 2. The quantitative estimate of drug-likeness (QED) is 0.700. The van der Waals surface area contributed by atoms with Gasteiger partial charge in [-0.1, -0.05) is 57.6 Å². The van der Waals surface area contributed by atoms with Crippen molar-refractivity contribution >= 4 is 11.6 Å². The van der Waals surface area contributed by atoms with E-state index in [1.165, 1.54) is 32.1 Å². The highest BCUT2D eigenvalue weighted by Crippen LogP contribution is 2.22. The maximum atomic E-state index is 6.34. The molecule has 0 amide bonds. The Labute approximate surface area is 122 Å². The van der Waals surface area contributed by atoms with Crippen LogP contribution >= 0.6 is 11.6 Å². The number of hydrogen-bond donors (Lipinski definition) is 1. The third-order valence-electron chi connectivity index (χ3n) is 3.64. The van der Waals surface area contributed by atoms with Gasteiger partial charge in [-0.05, 0) is 12.8 Å². The van der Waals surface area contributed by atoms with Crippen molar-refractivity contribution in [3.63, 3.8) is 0 Å². The van der Waals surface area contributed by atoms with Crippen molar-refractivity contribution in [1.82, 2.24) is 9.78 Å². The SMILES string of the molecule is CCCCCCCC(N)Cc1c(Cl)c(CC)nn1C. The van der Waals surface area contributed by atoms with Crippen LogP contribution < -0.4 is 5.73 Å². The monoisotopic (exact) mass is 285 g/mol. The van der Waals surface area contributed by atoms with Crippen molar-refractivity contribution in [1.29, 1.82) is 0 Å². The average molecular weight is 286 g/mol. The molecule has 0 bridgehead atoms. The summed E-state index contributed by atoms with van der Waals surface area (Å²) in [5, 5.41) is 5.24. The first-order valence-electron chi connectivity index (χ1n) is 7.55. The lowest BCUT2D eigenvalue weighted by Gasteiger charge is -2.12. The van der Waals surface area contributed by atoms with E-state index < -0.39 is 0 Å². The van der Waals surface area contributed by atoms with Crippen molar-refractivity contribution in [3.8, 4) is 0 Å². The molecule has 0 radical (unpaired) electrons. The van der Waals surface area contributed by atoms with Crippen molar-refractivity contribution in [2.24, 2.45) is 12.8 Å². The van der Waals surface area contributed by atoms with Crippen LogP contribution in [0.4, 0.5) is 0 Å². The third-order valence-corrected chi connectivity index (χ3v) is 4.07. The highest BCUT2D eigenvalue weighted by molar-refractivity contribution is 6.31. The summed E-state index contributed by atoms with van der Waals surface area (Å²) < 4.78 is 1.89. The predicted octanol–water partition coefficient (Wildman–Crippen LogP) is 3.87. The van der Waals surface area contributed by atoms with Crippen LogP contribution in [0.25, 0.3) is 0 Å². The van der Waals surface area contributed by atoms with Crippen LogP contribution in [0.2, 0.25) is 5.02 Å². The van der Waals surface area contributed by atoms with Gasteiger partial charge in [-0.3, -0.25) is 4.68 Å². The summed E-state index contributed by atoms with van der Waals surface area (Å²) >= 11 is 6.34. The van der Waals surface area contributed by atoms with Gasteiger partial charge in [0.05, 0.1) is 16.4 Å². The zero-order valence-electron chi connectivity index (χ0n) is 12.6. The largest absolute Gasteiger partial charge is 0.327 e. The summed E-state index contributed by atoms with van der Waals surface area (Å²) in [4.78, 5) is 0. The van der Waals surface area contributed by atoms with Gasteiger partial charge in [-0.25, -0.2) is 0 Å². The van der Waals surface area contributed by atoms with Crippen LogP contribution in [-0.4, -0.2) is 15.8 Å². The first kappa shape index (κ1) is 16.5. The van der Waals surface area contributed by atoms with E-state index in [2.05, 4.69) is 18.9 Å². The summed E-state index contributed by atoms with van der Waals surface area (Å²) in [6, 6.07) is 0.194. The standard InChI is InChI=1S/C15H28ClN3/c1-4-6-7-8-9-10-12(17)11-14-15(16)13(5-2)18-19(14)3/h12H,4-11,17H2,1-3H3. The Balaban J connectivity index is 2.39. The van der Waals surface area contributed by atoms with E-state index in [1.807, 2.05) is 11.7 Å². The number of nitrogens with two attached hydrogens (primary N) is 1. The summed E-state index contributed by atoms with van der Waals surface area (Å²) in [5.74, 6) is 0. The summed E-state index contributed by atoms with van der Waals surface area (Å²) in [5.41, 5.74) is 8.27. The molecule has 19 heavy (non-hydrogen) atoms. The minimum Gasteiger partial charge on any atom is -0.327 e. The predicted molar refractivity (Wildman–Crippen MR) is 82.7 cm³/mol. The molecular formula is C15H28ClN3. The summed E-state index contributed by atoms with van der Waals surface area (Å²) in [6.45, 7) is 4.31. The molecule has 2 N–H and O–H groups in total. The van der Waals surface area contributed by atoms with E-state index in [-0.39, 0.29) is 6.04 Å². The summed E-state index contributed by atoms with van der Waals surface area (Å²) in [7, 11) is 1.95. The molecule has 4 heteroatoms. The molecule has 0 spiro atoms. The van der Waals surface area contributed by atoms with Crippen LogP contribution in [0.15, 0.2) is 0 Å². The maximum Gasteiger partial charge on any atom is 0.0850 e. The molecule has 110 valence electrons. The molecule has 1 rings (SSSR count). The van der Waals surface area contributed by atoms with Gasteiger partial charge in [-0.2, -0.15) is 5.10 Å². The van der Waals surface area contributed by atoms with E-state index in [1.54, 1.807) is 0 Å². The molecule has 1 heterocycles. The molecule has 3 nitrogen and oxygen atoms in total. The van der Waals surface area contributed by atoms with Crippen LogP contribution in [0.3, 0.4) is 0 Å². The van der Waals surface area contributed by atoms with Gasteiger partial charge < -0.3 is 5.73 Å². The van der Waals surface area contributed by atoms with Crippen LogP contribution in [0.1, 0.15) is 63.8 Å². The highest BCUT2D eigenvalue weighted by atomic mass is 35.5. The summed E-state index contributed by atoms with van der Waals surface area (Å²) in [6.07, 6.45) is 9.24. The molecule has 0 aromatic carbocycles. The Hall–Kier alpha value is -0.540. The number of rotatable bonds is 9. The van der Waals surface area contributed by atoms with Gasteiger partial charge in [0.25, 0.3) is 0 Å². The second-order valence-electron chi connectivity index (χ2n) is 5.35.